The smallest absolute Gasteiger partial charge is 0.335 e. The predicted octanol–water partition coefficient (Wildman–Crippen LogP) is 4.47. The van der Waals surface area contributed by atoms with Crippen molar-refractivity contribution in [3.63, 3.8) is 0 Å². The van der Waals surface area contributed by atoms with Crippen LogP contribution in [0.5, 0.6) is 0 Å². The Morgan fingerprint density at radius 2 is 1.59 bits per heavy atom. The van der Waals surface area contributed by atoms with Gasteiger partial charge in [-0.3, -0.25) is 9.59 Å². The van der Waals surface area contributed by atoms with Crippen molar-refractivity contribution < 1.29 is 19.5 Å². The molecule has 1 aliphatic carbocycles. The van der Waals surface area contributed by atoms with E-state index in [9.17, 15) is 19.5 Å². The average Bonchev–Trinajstić information content (AvgIpc) is 2.73. The number of rotatable bonds is 7. The Morgan fingerprint density at radius 3 is 2.31 bits per heavy atom. The first-order valence-corrected chi connectivity index (χ1v) is 10.0. The van der Waals surface area contributed by atoms with E-state index in [1.54, 1.807) is 42.5 Å². The van der Waals surface area contributed by atoms with Crippen molar-refractivity contribution in [2.45, 2.75) is 44.9 Å². The zero-order valence-electron chi connectivity index (χ0n) is 16.3. The molecule has 0 aliphatic heterocycles. The average molecular weight is 394 g/mol. The van der Waals surface area contributed by atoms with Crippen molar-refractivity contribution >= 4 is 29.2 Å². The van der Waals surface area contributed by atoms with Gasteiger partial charge in [-0.2, -0.15) is 0 Å². The molecule has 1 aliphatic rings. The summed E-state index contributed by atoms with van der Waals surface area (Å²) in [6, 6.07) is 13.8. The Labute approximate surface area is 170 Å². The third kappa shape index (κ3) is 5.91. The third-order valence-corrected chi connectivity index (χ3v) is 5.26. The zero-order valence-corrected chi connectivity index (χ0v) is 16.3. The van der Waals surface area contributed by atoms with Crippen LogP contribution in [0.15, 0.2) is 48.5 Å². The van der Waals surface area contributed by atoms with Gasteiger partial charge in [0.25, 0.3) is 0 Å². The first kappa shape index (κ1) is 20.6. The quantitative estimate of drug-likeness (QED) is 0.645. The van der Waals surface area contributed by atoms with Gasteiger partial charge in [-0.25, -0.2) is 4.79 Å². The summed E-state index contributed by atoms with van der Waals surface area (Å²) >= 11 is 0. The van der Waals surface area contributed by atoms with Crippen LogP contribution in [0.3, 0.4) is 0 Å². The van der Waals surface area contributed by atoms with Gasteiger partial charge in [-0.15, -0.1) is 0 Å². The summed E-state index contributed by atoms with van der Waals surface area (Å²) in [6.07, 6.45) is 5.76. The van der Waals surface area contributed by atoms with Gasteiger partial charge < -0.3 is 15.7 Å². The van der Waals surface area contributed by atoms with Crippen LogP contribution < -0.4 is 10.6 Å². The fraction of sp³-hybridized carbons (Fsp3) is 0.348. The predicted molar refractivity (Wildman–Crippen MR) is 112 cm³/mol. The maximum atomic E-state index is 12.4. The van der Waals surface area contributed by atoms with Gasteiger partial charge in [-0.1, -0.05) is 43.5 Å². The molecule has 6 nitrogen and oxygen atoms in total. The molecule has 6 heteroatoms. The normalized spacial score (nSPS) is 14.2. The lowest BCUT2D eigenvalue weighted by molar-refractivity contribution is -0.120. The fourth-order valence-corrected chi connectivity index (χ4v) is 3.70. The molecule has 0 spiro atoms. The van der Waals surface area contributed by atoms with Gasteiger partial charge >= 0.3 is 5.97 Å². The summed E-state index contributed by atoms with van der Waals surface area (Å²) in [7, 11) is 0. The third-order valence-electron chi connectivity index (χ3n) is 5.26. The number of hydrogen-bond donors (Lipinski definition) is 3. The van der Waals surface area contributed by atoms with Crippen molar-refractivity contribution in [1.82, 2.24) is 0 Å². The zero-order chi connectivity index (χ0) is 20.6. The van der Waals surface area contributed by atoms with Crippen LogP contribution >= 0.6 is 0 Å². The molecule has 152 valence electrons. The minimum absolute atomic E-state index is 0.0402. The number of carboxylic acid groups (broad SMARTS) is 1. The van der Waals surface area contributed by atoms with Crippen molar-refractivity contribution in [2.24, 2.45) is 5.92 Å². The highest BCUT2D eigenvalue weighted by Crippen LogP contribution is 2.25. The van der Waals surface area contributed by atoms with Gasteiger partial charge in [0.1, 0.15) is 0 Å². The van der Waals surface area contributed by atoms with Crippen molar-refractivity contribution in [3.05, 3.63) is 59.7 Å². The fourth-order valence-electron chi connectivity index (χ4n) is 3.70. The second-order valence-electron chi connectivity index (χ2n) is 7.42. The van der Waals surface area contributed by atoms with Crippen molar-refractivity contribution in [3.8, 4) is 0 Å². The van der Waals surface area contributed by atoms with Gasteiger partial charge in [-0.05, 0) is 49.1 Å². The number of anilines is 2. The first-order valence-electron chi connectivity index (χ1n) is 10.0. The number of carbonyl (C=O) groups excluding carboxylic acids is 2. The minimum Gasteiger partial charge on any atom is -0.478 e. The molecule has 0 heterocycles. The molecule has 3 N–H and O–H groups in total. The van der Waals surface area contributed by atoms with E-state index in [0.717, 1.165) is 25.7 Å². The van der Waals surface area contributed by atoms with Gasteiger partial charge in [0.05, 0.1) is 5.56 Å². The molecule has 2 amide bonds. The van der Waals surface area contributed by atoms with E-state index in [4.69, 9.17) is 0 Å². The number of hydrogen-bond acceptors (Lipinski definition) is 3. The molecule has 0 atom stereocenters. The second-order valence-corrected chi connectivity index (χ2v) is 7.42. The van der Waals surface area contributed by atoms with Gasteiger partial charge in [0.15, 0.2) is 0 Å². The number of carbonyl (C=O) groups is 3. The van der Waals surface area contributed by atoms with E-state index in [1.165, 1.54) is 12.5 Å². The van der Waals surface area contributed by atoms with Gasteiger partial charge in [0.2, 0.25) is 11.8 Å². The molecule has 29 heavy (non-hydrogen) atoms. The summed E-state index contributed by atoms with van der Waals surface area (Å²) in [6.45, 7) is 0. The van der Waals surface area contributed by atoms with Gasteiger partial charge in [0, 0.05) is 23.7 Å². The molecular formula is C23H26N2O4. The molecule has 3 rings (SSSR count). The molecule has 1 fully saturated rings. The molecule has 0 unspecified atom stereocenters. The summed E-state index contributed by atoms with van der Waals surface area (Å²) in [5.74, 6) is -1.10. The molecule has 2 aromatic rings. The number of nitrogens with one attached hydrogen (secondary N) is 2. The van der Waals surface area contributed by atoms with E-state index in [1.807, 2.05) is 0 Å². The number of amides is 2. The van der Waals surface area contributed by atoms with Crippen LogP contribution in [0.1, 0.15) is 54.4 Å². The van der Waals surface area contributed by atoms with E-state index in [2.05, 4.69) is 10.6 Å². The molecule has 0 radical (unpaired) electrons. The number of benzene rings is 2. The standard InChI is InChI=1S/C23H26N2O4/c26-21(14-13-16-7-4-5-12-20(16)23(28)29)24-18-10-6-11-19(15-18)25-22(27)17-8-2-1-3-9-17/h4-7,10-12,15,17H,1-3,8-9,13-14H2,(H,24,26)(H,25,27)(H,28,29). The first-order chi connectivity index (χ1) is 14.0. The second kappa shape index (κ2) is 9.87. The maximum Gasteiger partial charge on any atom is 0.335 e. The highest BCUT2D eigenvalue weighted by atomic mass is 16.4. The monoisotopic (exact) mass is 394 g/mol. The molecule has 0 bridgehead atoms. The lowest BCUT2D eigenvalue weighted by Gasteiger charge is -2.20. The van der Waals surface area contributed by atoms with Crippen molar-refractivity contribution in [1.29, 1.82) is 0 Å². The van der Waals surface area contributed by atoms with Crippen LogP contribution in [-0.2, 0) is 16.0 Å². The number of carboxylic acids is 1. The van der Waals surface area contributed by atoms with E-state index >= 15 is 0 Å². The number of aromatic carboxylic acids is 1. The maximum absolute atomic E-state index is 12.4. The van der Waals surface area contributed by atoms with E-state index in [0.29, 0.717) is 23.4 Å². The van der Waals surface area contributed by atoms with E-state index < -0.39 is 5.97 Å². The van der Waals surface area contributed by atoms with Crippen molar-refractivity contribution in [2.75, 3.05) is 10.6 Å². The minimum atomic E-state index is -0.998. The lowest BCUT2D eigenvalue weighted by atomic mass is 9.88. The summed E-state index contributed by atoms with van der Waals surface area (Å²) in [5.41, 5.74) is 2.11. The van der Waals surface area contributed by atoms with Crippen LogP contribution in [0.25, 0.3) is 0 Å². The highest BCUT2D eigenvalue weighted by molar-refractivity contribution is 5.95. The lowest BCUT2D eigenvalue weighted by Crippen LogP contribution is -2.24. The largest absolute Gasteiger partial charge is 0.478 e. The topological polar surface area (TPSA) is 95.5 Å². The SMILES string of the molecule is O=C(CCc1ccccc1C(=O)O)Nc1cccc(NC(=O)C2CCCCC2)c1. The summed E-state index contributed by atoms with van der Waals surface area (Å²) < 4.78 is 0. The Balaban J connectivity index is 1.55. The van der Waals surface area contributed by atoms with Crippen LogP contribution in [0, 0.1) is 5.92 Å². The molecular weight excluding hydrogens is 368 g/mol. The van der Waals surface area contributed by atoms with Crippen LogP contribution in [0.2, 0.25) is 0 Å². The summed E-state index contributed by atoms with van der Waals surface area (Å²) in [4.78, 5) is 36.0. The molecule has 1 saturated carbocycles. The highest BCUT2D eigenvalue weighted by Gasteiger charge is 2.21. The molecule has 0 saturated heterocycles. The molecule has 0 aromatic heterocycles. The van der Waals surface area contributed by atoms with Crippen LogP contribution in [0.4, 0.5) is 11.4 Å². The number of aryl methyl sites for hydroxylation is 1. The van der Waals surface area contributed by atoms with E-state index in [-0.39, 0.29) is 29.7 Å². The Morgan fingerprint density at radius 1 is 0.897 bits per heavy atom. The molecule has 2 aromatic carbocycles. The van der Waals surface area contributed by atoms with Crippen LogP contribution in [-0.4, -0.2) is 22.9 Å². The Bertz CT molecular complexity index is 888. The summed E-state index contributed by atoms with van der Waals surface area (Å²) in [5, 5.41) is 15.0. The Hall–Kier alpha value is -3.15. The Kier molecular flexibility index (Phi) is 7.00.